The third kappa shape index (κ3) is 2.72. The van der Waals surface area contributed by atoms with Crippen LogP contribution >= 0.6 is 11.6 Å². The van der Waals surface area contributed by atoms with Crippen LogP contribution in [0.2, 0.25) is 5.02 Å². The molecule has 0 aliphatic heterocycles. The Labute approximate surface area is 87.5 Å². The van der Waals surface area contributed by atoms with Gasteiger partial charge in [-0.3, -0.25) is 4.79 Å². The summed E-state index contributed by atoms with van der Waals surface area (Å²) in [5.74, 6) is -0.898. The largest absolute Gasteiger partial charge is 0.481 e. The van der Waals surface area contributed by atoms with Gasteiger partial charge in [-0.1, -0.05) is 23.7 Å². The van der Waals surface area contributed by atoms with E-state index in [0.717, 1.165) is 11.1 Å². The molecule has 4 heteroatoms. The highest BCUT2D eigenvalue weighted by molar-refractivity contribution is 6.31. The van der Waals surface area contributed by atoms with Gasteiger partial charge in [0.15, 0.2) is 0 Å². The average Bonchev–Trinajstić information content (AvgIpc) is 2.08. The summed E-state index contributed by atoms with van der Waals surface area (Å²) in [7, 11) is 0. The molecular weight excluding hydrogens is 202 g/mol. The van der Waals surface area contributed by atoms with Crippen LogP contribution in [0.15, 0.2) is 18.2 Å². The van der Waals surface area contributed by atoms with E-state index in [9.17, 15) is 4.79 Å². The highest BCUT2D eigenvalue weighted by Crippen LogP contribution is 2.21. The predicted octanol–water partition coefficient (Wildman–Crippen LogP) is 2.12. The second-order valence-electron chi connectivity index (χ2n) is 3.21. The molecule has 1 atom stereocenters. The zero-order valence-corrected chi connectivity index (χ0v) is 8.58. The highest BCUT2D eigenvalue weighted by atomic mass is 35.5. The fourth-order valence-electron chi connectivity index (χ4n) is 1.20. The zero-order valence-electron chi connectivity index (χ0n) is 7.83. The molecule has 0 heterocycles. The molecule has 0 aliphatic rings. The van der Waals surface area contributed by atoms with Gasteiger partial charge in [-0.2, -0.15) is 0 Å². The van der Waals surface area contributed by atoms with Crippen LogP contribution in [-0.4, -0.2) is 11.1 Å². The maximum atomic E-state index is 10.4. The second-order valence-corrected chi connectivity index (χ2v) is 3.62. The van der Waals surface area contributed by atoms with Gasteiger partial charge in [0.05, 0.1) is 6.42 Å². The lowest BCUT2D eigenvalue weighted by Crippen LogP contribution is -2.15. The molecule has 0 bridgehead atoms. The van der Waals surface area contributed by atoms with Gasteiger partial charge in [0.25, 0.3) is 0 Å². The van der Waals surface area contributed by atoms with E-state index in [4.69, 9.17) is 22.4 Å². The minimum atomic E-state index is -0.898. The van der Waals surface area contributed by atoms with E-state index in [1.54, 1.807) is 12.1 Å². The maximum absolute atomic E-state index is 10.4. The van der Waals surface area contributed by atoms with Crippen molar-refractivity contribution < 1.29 is 9.90 Å². The van der Waals surface area contributed by atoms with Crippen LogP contribution in [0.1, 0.15) is 23.6 Å². The number of carbonyl (C=O) groups is 1. The molecule has 0 spiro atoms. The monoisotopic (exact) mass is 213 g/mol. The zero-order chi connectivity index (χ0) is 10.7. The summed E-state index contributed by atoms with van der Waals surface area (Å²) in [6.45, 7) is 1.86. The van der Waals surface area contributed by atoms with Crippen LogP contribution in [0.5, 0.6) is 0 Å². The van der Waals surface area contributed by atoms with Gasteiger partial charge in [0.1, 0.15) is 0 Å². The summed E-state index contributed by atoms with van der Waals surface area (Å²) < 4.78 is 0. The van der Waals surface area contributed by atoms with Crippen molar-refractivity contribution in [1.29, 1.82) is 0 Å². The Morgan fingerprint density at radius 1 is 1.64 bits per heavy atom. The van der Waals surface area contributed by atoms with Gasteiger partial charge in [0, 0.05) is 11.1 Å². The van der Waals surface area contributed by atoms with Crippen molar-refractivity contribution in [2.24, 2.45) is 5.73 Å². The molecule has 1 rings (SSSR count). The fraction of sp³-hybridized carbons (Fsp3) is 0.300. The lowest BCUT2D eigenvalue weighted by Gasteiger charge is -2.10. The van der Waals surface area contributed by atoms with E-state index in [2.05, 4.69) is 0 Å². The van der Waals surface area contributed by atoms with Crippen LogP contribution in [0.4, 0.5) is 0 Å². The third-order valence-corrected chi connectivity index (χ3v) is 2.43. The smallest absolute Gasteiger partial charge is 0.305 e. The standard InChI is InChI=1S/C10H12ClNO2/c1-6-4-7(2-3-8(6)11)9(12)5-10(13)14/h2-4,9H,5,12H2,1H3,(H,13,14)/t9-/m0/s1. The van der Waals surface area contributed by atoms with Gasteiger partial charge < -0.3 is 10.8 Å². The van der Waals surface area contributed by atoms with Gasteiger partial charge in [0.2, 0.25) is 0 Å². The molecule has 0 radical (unpaired) electrons. The Bertz CT molecular complexity index is 352. The summed E-state index contributed by atoms with van der Waals surface area (Å²) >= 11 is 5.83. The van der Waals surface area contributed by atoms with Crippen molar-refractivity contribution in [3.8, 4) is 0 Å². The van der Waals surface area contributed by atoms with Crippen LogP contribution in [0.3, 0.4) is 0 Å². The molecule has 0 saturated carbocycles. The number of hydrogen-bond acceptors (Lipinski definition) is 2. The van der Waals surface area contributed by atoms with Crippen molar-refractivity contribution in [1.82, 2.24) is 0 Å². The summed E-state index contributed by atoms with van der Waals surface area (Å²) in [5, 5.41) is 9.23. The van der Waals surface area contributed by atoms with E-state index in [1.807, 2.05) is 13.0 Å². The van der Waals surface area contributed by atoms with E-state index >= 15 is 0 Å². The summed E-state index contributed by atoms with van der Waals surface area (Å²) in [5.41, 5.74) is 7.40. The number of benzene rings is 1. The summed E-state index contributed by atoms with van der Waals surface area (Å²) in [4.78, 5) is 10.4. The molecule has 76 valence electrons. The molecule has 0 unspecified atom stereocenters. The first-order valence-electron chi connectivity index (χ1n) is 4.24. The Hall–Kier alpha value is -1.06. The minimum Gasteiger partial charge on any atom is -0.481 e. The van der Waals surface area contributed by atoms with Crippen molar-refractivity contribution in [3.05, 3.63) is 34.3 Å². The first-order chi connectivity index (χ1) is 6.50. The van der Waals surface area contributed by atoms with Crippen molar-refractivity contribution in [2.75, 3.05) is 0 Å². The topological polar surface area (TPSA) is 63.3 Å². The number of halogens is 1. The van der Waals surface area contributed by atoms with Crippen LogP contribution in [0.25, 0.3) is 0 Å². The van der Waals surface area contributed by atoms with Gasteiger partial charge >= 0.3 is 5.97 Å². The van der Waals surface area contributed by atoms with Gasteiger partial charge in [-0.15, -0.1) is 0 Å². The number of aliphatic carboxylic acids is 1. The van der Waals surface area contributed by atoms with Crippen LogP contribution in [-0.2, 0) is 4.79 Å². The molecule has 3 nitrogen and oxygen atoms in total. The molecule has 1 aromatic rings. The Morgan fingerprint density at radius 3 is 2.79 bits per heavy atom. The lowest BCUT2D eigenvalue weighted by atomic mass is 10.0. The first-order valence-corrected chi connectivity index (χ1v) is 4.62. The predicted molar refractivity (Wildman–Crippen MR) is 55.4 cm³/mol. The van der Waals surface area contributed by atoms with Crippen molar-refractivity contribution in [3.63, 3.8) is 0 Å². The number of rotatable bonds is 3. The van der Waals surface area contributed by atoms with Crippen molar-refractivity contribution >= 4 is 17.6 Å². The number of hydrogen-bond donors (Lipinski definition) is 2. The highest BCUT2D eigenvalue weighted by Gasteiger charge is 2.10. The van der Waals surface area contributed by atoms with Crippen LogP contribution in [0, 0.1) is 6.92 Å². The molecule has 0 aromatic heterocycles. The molecule has 0 saturated heterocycles. The normalized spacial score (nSPS) is 12.5. The number of aryl methyl sites for hydroxylation is 1. The second kappa shape index (κ2) is 4.44. The van der Waals surface area contributed by atoms with Gasteiger partial charge in [-0.05, 0) is 24.1 Å². The van der Waals surface area contributed by atoms with E-state index in [1.165, 1.54) is 0 Å². The molecule has 0 aliphatic carbocycles. The van der Waals surface area contributed by atoms with Crippen LogP contribution < -0.4 is 5.73 Å². The van der Waals surface area contributed by atoms with E-state index in [0.29, 0.717) is 5.02 Å². The van der Waals surface area contributed by atoms with E-state index in [-0.39, 0.29) is 6.42 Å². The Morgan fingerprint density at radius 2 is 2.29 bits per heavy atom. The minimum absolute atomic E-state index is 0.0684. The molecule has 14 heavy (non-hydrogen) atoms. The molecule has 1 aromatic carbocycles. The number of carboxylic acid groups (broad SMARTS) is 1. The SMILES string of the molecule is Cc1cc([C@@H](N)CC(=O)O)ccc1Cl. The number of nitrogens with two attached hydrogens (primary N) is 1. The summed E-state index contributed by atoms with van der Waals surface area (Å²) in [6, 6.07) is 4.83. The molecular formula is C10H12ClNO2. The molecule has 0 amide bonds. The maximum Gasteiger partial charge on any atom is 0.305 e. The molecule has 0 fully saturated rings. The number of carboxylic acids is 1. The van der Waals surface area contributed by atoms with E-state index < -0.39 is 12.0 Å². The fourth-order valence-corrected chi connectivity index (χ4v) is 1.32. The average molecular weight is 214 g/mol. The Balaban J connectivity index is 2.85. The third-order valence-electron chi connectivity index (χ3n) is 2.00. The first kappa shape index (κ1) is 11.0. The lowest BCUT2D eigenvalue weighted by molar-refractivity contribution is -0.137. The van der Waals surface area contributed by atoms with Crippen molar-refractivity contribution in [2.45, 2.75) is 19.4 Å². The quantitative estimate of drug-likeness (QED) is 0.809. The molecule has 3 N–H and O–H groups in total. The van der Waals surface area contributed by atoms with Gasteiger partial charge in [-0.25, -0.2) is 0 Å². The summed E-state index contributed by atoms with van der Waals surface area (Å²) in [6.07, 6.45) is -0.0684. The Kier molecular flexibility index (Phi) is 3.49.